The van der Waals surface area contributed by atoms with Gasteiger partial charge in [-0.2, -0.15) is 0 Å². The number of ether oxygens (including phenoxy) is 2. The predicted molar refractivity (Wildman–Crippen MR) is 117 cm³/mol. The van der Waals surface area contributed by atoms with Crippen LogP contribution in [0.25, 0.3) is 0 Å². The first-order valence-corrected chi connectivity index (χ1v) is 10.6. The molecule has 8 heteroatoms. The maximum atomic E-state index is 12.4. The summed E-state index contributed by atoms with van der Waals surface area (Å²) >= 11 is 1.22. The molecule has 2 aromatic carbocycles. The lowest BCUT2D eigenvalue weighted by molar-refractivity contribution is -0.124. The monoisotopic (exact) mass is 430 g/mol. The van der Waals surface area contributed by atoms with Crippen LogP contribution in [-0.2, 0) is 14.3 Å². The molecule has 2 N–H and O–H groups in total. The molecule has 30 heavy (non-hydrogen) atoms. The quantitative estimate of drug-likeness (QED) is 0.322. The van der Waals surface area contributed by atoms with Crippen molar-refractivity contribution in [3.63, 3.8) is 0 Å². The van der Waals surface area contributed by atoms with E-state index in [1.165, 1.54) is 11.8 Å². The summed E-state index contributed by atoms with van der Waals surface area (Å²) in [5.41, 5.74) is 0.944. The molecule has 2 aromatic rings. The highest BCUT2D eigenvalue weighted by molar-refractivity contribution is 8.00. The van der Waals surface area contributed by atoms with E-state index in [0.717, 1.165) is 12.8 Å². The molecule has 0 radical (unpaired) electrons. The highest BCUT2D eigenvalue weighted by Crippen LogP contribution is 2.24. The minimum absolute atomic E-state index is 0.110. The SMILES string of the molecule is CCCCNC(=O)COC(=O)c1ccccc1SCC(=O)Nc1cccc(OC)c1. The van der Waals surface area contributed by atoms with Crippen LogP contribution in [0.15, 0.2) is 53.4 Å². The van der Waals surface area contributed by atoms with E-state index in [-0.39, 0.29) is 24.2 Å². The van der Waals surface area contributed by atoms with Crippen LogP contribution in [0.4, 0.5) is 5.69 Å². The Morgan fingerprint density at radius 3 is 2.60 bits per heavy atom. The van der Waals surface area contributed by atoms with Gasteiger partial charge in [-0.1, -0.05) is 31.5 Å². The Morgan fingerprint density at radius 2 is 1.83 bits per heavy atom. The van der Waals surface area contributed by atoms with E-state index in [9.17, 15) is 14.4 Å². The average Bonchev–Trinajstić information content (AvgIpc) is 2.76. The molecular weight excluding hydrogens is 404 g/mol. The highest BCUT2D eigenvalue weighted by atomic mass is 32.2. The van der Waals surface area contributed by atoms with Crippen LogP contribution in [0, 0.1) is 0 Å². The van der Waals surface area contributed by atoms with Gasteiger partial charge in [0.1, 0.15) is 5.75 Å². The Kier molecular flexibility index (Phi) is 9.73. The summed E-state index contributed by atoms with van der Waals surface area (Å²) in [6.45, 7) is 2.25. The zero-order chi connectivity index (χ0) is 21.8. The van der Waals surface area contributed by atoms with Crippen LogP contribution < -0.4 is 15.4 Å². The lowest BCUT2D eigenvalue weighted by Gasteiger charge is -2.10. The smallest absolute Gasteiger partial charge is 0.339 e. The molecule has 2 amide bonds. The second-order valence-corrected chi connectivity index (χ2v) is 7.36. The largest absolute Gasteiger partial charge is 0.497 e. The number of carbonyl (C=O) groups is 3. The summed E-state index contributed by atoms with van der Waals surface area (Å²) in [5, 5.41) is 5.48. The first-order chi connectivity index (χ1) is 14.5. The summed E-state index contributed by atoms with van der Waals surface area (Å²) < 4.78 is 10.2. The standard InChI is InChI=1S/C22H26N2O5S/c1-3-4-12-23-20(25)14-29-22(27)18-10-5-6-11-19(18)30-15-21(26)24-16-8-7-9-17(13-16)28-2/h5-11,13H,3-4,12,14-15H2,1-2H3,(H,23,25)(H,24,26). The molecule has 0 unspecified atom stereocenters. The van der Waals surface area contributed by atoms with Crippen LogP contribution in [0.3, 0.4) is 0 Å². The number of methoxy groups -OCH3 is 1. The molecule has 0 aromatic heterocycles. The number of anilines is 1. The van der Waals surface area contributed by atoms with Gasteiger partial charge in [-0.15, -0.1) is 11.8 Å². The third kappa shape index (κ3) is 7.79. The number of esters is 1. The molecular formula is C22H26N2O5S. The van der Waals surface area contributed by atoms with Crippen LogP contribution >= 0.6 is 11.8 Å². The second-order valence-electron chi connectivity index (χ2n) is 6.34. The number of amides is 2. The molecule has 0 bridgehead atoms. The number of thioether (sulfide) groups is 1. The number of carbonyl (C=O) groups excluding carboxylic acids is 3. The molecule has 0 aliphatic rings. The molecule has 0 spiro atoms. The zero-order valence-electron chi connectivity index (χ0n) is 17.1. The summed E-state index contributed by atoms with van der Waals surface area (Å²) in [5.74, 6) is -0.394. The first-order valence-electron chi connectivity index (χ1n) is 9.63. The van der Waals surface area contributed by atoms with Gasteiger partial charge in [0.05, 0.1) is 18.4 Å². The van der Waals surface area contributed by atoms with Gasteiger partial charge in [-0.25, -0.2) is 4.79 Å². The molecule has 0 aliphatic heterocycles. The maximum Gasteiger partial charge on any atom is 0.339 e. The van der Waals surface area contributed by atoms with Gasteiger partial charge < -0.3 is 20.1 Å². The Balaban J connectivity index is 1.88. The molecule has 2 rings (SSSR count). The van der Waals surface area contributed by atoms with E-state index in [1.54, 1.807) is 55.6 Å². The van der Waals surface area contributed by atoms with E-state index in [4.69, 9.17) is 9.47 Å². The van der Waals surface area contributed by atoms with Gasteiger partial charge >= 0.3 is 5.97 Å². The van der Waals surface area contributed by atoms with Gasteiger partial charge in [0.25, 0.3) is 5.91 Å². The number of rotatable bonds is 11. The second kappa shape index (κ2) is 12.5. The number of benzene rings is 2. The summed E-state index contributed by atoms with van der Waals surface area (Å²) in [7, 11) is 1.56. The van der Waals surface area contributed by atoms with Gasteiger partial charge in [0, 0.05) is 23.2 Å². The van der Waals surface area contributed by atoms with E-state index >= 15 is 0 Å². The minimum atomic E-state index is -0.600. The van der Waals surface area contributed by atoms with Gasteiger partial charge in [-0.3, -0.25) is 9.59 Å². The van der Waals surface area contributed by atoms with Crippen molar-refractivity contribution in [3.8, 4) is 5.75 Å². The van der Waals surface area contributed by atoms with Crippen molar-refractivity contribution in [2.24, 2.45) is 0 Å². The lowest BCUT2D eigenvalue weighted by atomic mass is 10.2. The predicted octanol–water partition coefficient (Wildman–Crippen LogP) is 3.50. The first kappa shape index (κ1) is 23.3. The molecule has 7 nitrogen and oxygen atoms in total. The van der Waals surface area contributed by atoms with E-state index in [1.807, 2.05) is 6.92 Å². The summed E-state index contributed by atoms with van der Waals surface area (Å²) in [6.07, 6.45) is 1.84. The fourth-order valence-corrected chi connectivity index (χ4v) is 3.31. The van der Waals surface area contributed by atoms with Gasteiger partial charge in [-0.05, 0) is 30.7 Å². The molecule has 160 valence electrons. The van der Waals surface area contributed by atoms with Crippen molar-refractivity contribution in [2.75, 3.05) is 31.3 Å². The van der Waals surface area contributed by atoms with E-state index in [0.29, 0.717) is 28.4 Å². The van der Waals surface area contributed by atoms with Crippen LogP contribution in [-0.4, -0.2) is 43.8 Å². The number of hydrogen-bond acceptors (Lipinski definition) is 6. The van der Waals surface area contributed by atoms with E-state index in [2.05, 4.69) is 10.6 Å². The Morgan fingerprint density at radius 1 is 1.03 bits per heavy atom. The maximum absolute atomic E-state index is 12.4. The molecule has 0 fully saturated rings. The molecule has 0 atom stereocenters. The Hall–Kier alpha value is -3.00. The minimum Gasteiger partial charge on any atom is -0.497 e. The third-order valence-electron chi connectivity index (χ3n) is 4.01. The Bertz CT molecular complexity index is 872. The van der Waals surface area contributed by atoms with Crippen molar-refractivity contribution in [3.05, 3.63) is 54.1 Å². The van der Waals surface area contributed by atoms with Crippen molar-refractivity contribution in [2.45, 2.75) is 24.7 Å². The van der Waals surface area contributed by atoms with Crippen molar-refractivity contribution in [1.29, 1.82) is 0 Å². The van der Waals surface area contributed by atoms with Gasteiger partial charge in [0.15, 0.2) is 6.61 Å². The molecule has 0 heterocycles. The molecule has 0 aliphatic carbocycles. The van der Waals surface area contributed by atoms with Crippen molar-refractivity contribution >= 4 is 35.2 Å². The third-order valence-corrected chi connectivity index (χ3v) is 5.08. The lowest BCUT2D eigenvalue weighted by Crippen LogP contribution is -2.29. The van der Waals surface area contributed by atoms with Crippen molar-refractivity contribution in [1.82, 2.24) is 5.32 Å². The van der Waals surface area contributed by atoms with Crippen LogP contribution in [0.2, 0.25) is 0 Å². The Labute approximate surface area is 180 Å². The molecule has 0 saturated heterocycles. The topological polar surface area (TPSA) is 93.7 Å². The number of hydrogen-bond donors (Lipinski definition) is 2. The van der Waals surface area contributed by atoms with E-state index < -0.39 is 5.97 Å². The molecule has 0 saturated carbocycles. The average molecular weight is 431 g/mol. The number of unbranched alkanes of at least 4 members (excludes halogenated alkanes) is 1. The summed E-state index contributed by atoms with van der Waals surface area (Å²) in [4.78, 5) is 37.0. The van der Waals surface area contributed by atoms with Crippen molar-refractivity contribution < 1.29 is 23.9 Å². The fourth-order valence-electron chi connectivity index (χ4n) is 2.47. The van der Waals surface area contributed by atoms with Crippen LogP contribution in [0.5, 0.6) is 5.75 Å². The van der Waals surface area contributed by atoms with Gasteiger partial charge in [0.2, 0.25) is 5.91 Å². The normalized spacial score (nSPS) is 10.2. The number of nitrogens with one attached hydrogen (secondary N) is 2. The fraction of sp³-hybridized carbons (Fsp3) is 0.318. The highest BCUT2D eigenvalue weighted by Gasteiger charge is 2.15. The summed E-state index contributed by atoms with van der Waals surface area (Å²) in [6, 6.07) is 13.9. The zero-order valence-corrected chi connectivity index (χ0v) is 17.9. The van der Waals surface area contributed by atoms with Crippen LogP contribution in [0.1, 0.15) is 30.1 Å².